The summed E-state index contributed by atoms with van der Waals surface area (Å²) in [5.41, 5.74) is 7.07. The third-order valence-corrected chi connectivity index (χ3v) is 3.33. The molecule has 0 radical (unpaired) electrons. The van der Waals surface area contributed by atoms with E-state index in [1.165, 1.54) is 0 Å². The molecule has 3 N–H and O–H groups in total. The van der Waals surface area contributed by atoms with Crippen molar-refractivity contribution in [2.75, 3.05) is 5.73 Å². The number of anilines is 1. The highest BCUT2D eigenvalue weighted by atomic mass is 19.1. The molecule has 0 aromatic carbocycles. The van der Waals surface area contributed by atoms with Crippen LogP contribution in [0.1, 0.15) is 24.5 Å². The Morgan fingerprint density at radius 2 is 2.26 bits per heavy atom. The van der Waals surface area contributed by atoms with E-state index in [2.05, 4.69) is 20.3 Å². The van der Waals surface area contributed by atoms with Gasteiger partial charge in [0.15, 0.2) is 5.82 Å². The van der Waals surface area contributed by atoms with Gasteiger partial charge >= 0.3 is 0 Å². The standard InChI is InChI=1S/C12H10FN5O/c13-6-4-15-12(14)9-10(6)16-17-11(9)7-3-8(19-18-7)5-1-2-5/h3-5H,1-2H2,(H2,14,15)(H,16,17). The summed E-state index contributed by atoms with van der Waals surface area (Å²) < 4.78 is 18.9. The summed E-state index contributed by atoms with van der Waals surface area (Å²) in [5, 5.41) is 11.1. The summed E-state index contributed by atoms with van der Waals surface area (Å²) in [7, 11) is 0. The van der Waals surface area contributed by atoms with Crippen molar-refractivity contribution < 1.29 is 8.91 Å². The lowest BCUT2D eigenvalue weighted by atomic mass is 10.1. The van der Waals surface area contributed by atoms with Gasteiger partial charge in [-0.15, -0.1) is 0 Å². The highest BCUT2D eigenvalue weighted by Crippen LogP contribution is 2.41. The summed E-state index contributed by atoms with van der Waals surface area (Å²) >= 11 is 0. The van der Waals surface area contributed by atoms with E-state index in [9.17, 15) is 4.39 Å². The molecule has 19 heavy (non-hydrogen) atoms. The number of nitrogens with two attached hydrogens (primary N) is 1. The van der Waals surface area contributed by atoms with Crippen molar-refractivity contribution in [2.24, 2.45) is 0 Å². The summed E-state index contributed by atoms with van der Waals surface area (Å²) in [6.07, 6.45) is 3.30. The third-order valence-electron chi connectivity index (χ3n) is 3.33. The molecule has 0 spiro atoms. The average molecular weight is 259 g/mol. The molecule has 0 saturated heterocycles. The van der Waals surface area contributed by atoms with Crippen LogP contribution in [-0.4, -0.2) is 20.3 Å². The van der Waals surface area contributed by atoms with Crippen molar-refractivity contribution in [1.29, 1.82) is 0 Å². The minimum absolute atomic E-state index is 0.165. The number of hydrogen-bond donors (Lipinski definition) is 2. The predicted molar refractivity (Wildman–Crippen MR) is 65.7 cm³/mol. The topological polar surface area (TPSA) is 93.6 Å². The summed E-state index contributed by atoms with van der Waals surface area (Å²) in [5.74, 6) is 1.01. The summed E-state index contributed by atoms with van der Waals surface area (Å²) in [6, 6.07) is 1.84. The van der Waals surface area contributed by atoms with Crippen LogP contribution < -0.4 is 5.73 Å². The fourth-order valence-corrected chi connectivity index (χ4v) is 2.17. The Morgan fingerprint density at radius 3 is 3.05 bits per heavy atom. The first kappa shape index (κ1) is 10.5. The number of nitrogens with one attached hydrogen (secondary N) is 1. The number of nitrogen functional groups attached to an aromatic ring is 1. The molecule has 3 aromatic heterocycles. The van der Waals surface area contributed by atoms with E-state index in [1.54, 1.807) is 0 Å². The molecule has 3 aromatic rings. The average Bonchev–Trinajstić information content (AvgIpc) is 2.98. The van der Waals surface area contributed by atoms with Crippen LogP contribution in [0.2, 0.25) is 0 Å². The minimum Gasteiger partial charge on any atom is -0.383 e. The number of aromatic nitrogens is 4. The third kappa shape index (κ3) is 1.51. The summed E-state index contributed by atoms with van der Waals surface area (Å²) in [4.78, 5) is 3.80. The Balaban J connectivity index is 1.92. The maximum atomic E-state index is 13.6. The second-order valence-electron chi connectivity index (χ2n) is 4.70. The zero-order valence-electron chi connectivity index (χ0n) is 9.85. The van der Waals surface area contributed by atoms with Crippen LogP contribution in [-0.2, 0) is 0 Å². The lowest BCUT2D eigenvalue weighted by Crippen LogP contribution is -1.93. The van der Waals surface area contributed by atoms with Gasteiger partial charge in [0.2, 0.25) is 0 Å². The lowest BCUT2D eigenvalue weighted by molar-refractivity contribution is 0.386. The maximum absolute atomic E-state index is 13.6. The van der Waals surface area contributed by atoms with E-state index in [0.29, 0.717) is 22.7 Å². The molecule has 7 heteroatoms. The fraction of sp³-hybridized carbons (Fsp3) is 0.250. The van der Waals surface area contributed by atoms with Crippen LogP contribution in [0.25, 0.3) is 22.3 Å². The van der Waals surface area contributed by atoms with Crippen LogP contribution in [0.3, 0.4) is 0 Å². The number of nitrogens with zero attached hydrogens (tertiary/aromatic N) is 3. The quantitative estimate of drug-likeness (QED) is 0.735. The monoisotopic (exact) mass is 259 g/mol. The Morgan fingerprint density at radius 1 is 1.42 bits per heavy atom. The second kappa shape index (κ2) is 3.53. The molecule has 0 aliphatic heterocycles. The number of hydrogen-bond acceptors (Lipinski definition) is 5. The maximum Gasteiger partial charge on any atom is 0.169 e. The zero-order valence-corrected chi connectivity index (χ0v) is 9.85. The van der Waals surface area contributed by atoms with E-state index in [0.717, 1.165) is 24.8 Å². The number of pyridine rings is 1. The van der Waals surface area contributed by atoms with Crippen LogP contribution in [0.4, 0.5) is 10.2 Å². The first-order chi connectivity index (χ1) is 9.24. The Labute approximate surface area is 106 Å². The Bertz CT molecular complexity index is 774. The first-order valence-electron chi connectivity index (χ1n) is 5.99. The fourth-order valence-electron chi connectivity index (χ4n) is 2.17. The Hall–Kier alpha value is -2.44. The van der Waals surface area contributed by atoms with Gasteiger partial charge in [0, 0.05) is 12.0 Å². The van der Waals surface area contributed by atoms with E-state index >= 15 is 0 Å². The highest BCUT2D eigenvalue weighted by molar-refractivity contribution is 5.99. The van der Waals surface area contributed by atoms with E-state index in [-0.39, 0.29) is 11.3 Å². The van der Waals surface area contributed by atoms with E-state index in [1.807, 2.05) is 6.07 Å². The highest BCUT2D eigenvalue weighted by Gasteiger charge is 2.29. The van der Waals surface area contributed by atoms with Crippen LogP contribution in [0, 0.1) is 5.82 Å². The van der Waals surface area contributed by atoms with Gasteiger partial charge in [0.05, 0.1) is 17.3 Å². The van der Waals surface area contributed by atoms with Gasteiger partial charge in [-0.3, -0.25) is 5.10 Å². The second-order valence-corrected chi connectivity index (χ2v) is 4.70. The van der Waals surface area contributed by atoms with Gasteiger partial charge in [-0.2, -0.15) is 5.10 Å². The van der Waals surface area contributed by atoms with Crippen molar-refractivity contribution in [3.63, 3.8) is 0 Å². The molecule has 96 valence electrons. The molecule has 1 fully saturated rings. The number of aromatic amines is 1. The Kier molecular flexibility index (Phi) is 1.95. The molecule has 0 atom stereocenters. The van der Waals surface area contributed by atoms with Crippen LogP contribution in [0.5, 0.6) is 0 Å². The molecule has 0 unspecified atom stereocenters. The van der Waals surface area contributed by atoms with Crippen molar-refractivity contribution in [1.82, 2.24) is 20.3 Å². The molecule has 4 rings (SSSR count). The molecule has 1 aliphatic carbocycles. The molecule has 0 amide bonds. The number of fused-ring (bicyclic) bond motifs is 1. The molecule has 0 bridgehead atoms. The molecule has 1 aliphatic rings. The lowest BCUT2D eigenvalue weighted by Gasteiger charge is -1.96. The van der Waals surface area contributed by atoms with E-state index in [4.69, 9.17) is 10.3 Å². The largest absolute Gasteiger partial charge is 0.383 e. The number of H-pyrrole nitrogens is 1. The zero-order chi connectivity index (χ0) is 13.0. The normalized spacial score (nSPS) is 15.2. The van der Waals surface area contributed by atoms with E-state index < -0.39 is 5.82 Å². The minimum atomic E-state index is -0.516. The van der Waals surface area contributed by atoms with Crippen molar-refractivity contribution in [3.05, 3.63) is 23.8 Å². The van der Waals surface area contributed by atoms with Gasteiger partial charge in [-0.1, -0.05) is 5.16 Å². The number of halogens is 1. The van der Waals surface area contributed by atoms with Gasteiger partial charge in [0.25, 0.3) is 0 Å². The summed E-state index contributed by atoms with van der Waals surface area (Å²) in [6.45, 7) is 0. The molecule has 3 heterocycles. The molecule has 6 nitrogen and oxygen atoms in total. The van der Waals surface area contributed by atoms with Gasteiger partial charge in [-0.05, 0) is 12.8 Å². The molecular formula is C12H10FN5O. The van der Waals surface area contributed by atoms with Crippen molar-refractivity contribution in [2.45, 2.75) is 18.8 Å². The van der Waals surface area contributed by atoms with Gasteiger partial charge in [-0.25, -0.2) is 9.37 Å². The van der Waals surface area contributed by atoms with Crippen molar-refractivity contribution in [3.8, 4) is 11.4 Å². The number of rotatable bonds is 2. The van der Waals surface area contributed by atoms with Crippen molar-refractivity contribution >= 4 is 16.7 Å². The van der Waals surface area contributed by atoms with Crippen LogP contribution in [0.15, 0.2) is 16.8 Å². The predicted octanol–water partition coefficient (Wildman–Crippen LogP) is 2.21. The van der Waals surface area contributed by atoms with Gasteiger partial charge < -0.3 is 10.3 Å². The van der Waals surface area contributed by atoms with Gasteiger partial charge in [0.1, 0.15) is 22.8 Å². The SMILES string of the molecule is Nc1ncc(F)c2n[nH]c(-c3cc(C4CC4)on3)c12. The van der Waals surface area contributed by atoms with Crippen LogP contribution >= 0.6 is 0 Å². The molecular weight excluding hydrogens is 249 g/mol. The molecule has 1 saturated carbocycles. The first-order valence-corrected chi connectivity index (χ1v) is 5.99. The smallest absolute Gasteiger partial charge is 0.169 e.